The van der Waals surface area contributed by atoms with Gasteiger partial charge in [-0.2, -0.15) is 5.26 Å². The lowest BCUT2D eigenvalue weighted by atomic mass is 9.69. The molecular formula is C79H48N4. The minimum atomic E-state index is -0.710. The number of aromatic nitrogens is 3. The highest BCUT2D eigenvalue weighted by atomic mass is 15.0. The molecule has 1 spiro atoms. The zero-order valence-corrected chi connectivity index (χ0v) is 45.0. The molecular weight excluding hydrogens is 1000 g/mol. The lowest BCUT2D eigenvalue weighted by Crippen LogP contribution is -2.27. The lowest BCUT2D eigenvalue weighted by Gasteiger charge is -2.32. The van der Waals surface area contributed by atoms with Crippen molar-refractivity contribution in [2.45, 2.75) is 5.41 Å². The molecule has 3 aromatic heterocycles. The van der Waals surface area contributed by atoms with Gasteiger partial charge in [0.1, 0.15) is 6.07 Å². The number of fused-ring (bicyclic) bond motifs is 16. The van der Waals surface area contributed by atoms with E-state index < -0.39 is 5.41 Å². The summed E-state index contributed by atoms with van der Waals surface area (Å²) in [4.78, 5) is 5.41. The van der Waals surface area contributed by atoms with Gasteiger partial charge in [-0.3, -0.25) is 4.98 Å². The zero-order valence-electron chi connectivity index (χ0n) is 45.0. The van der Waals surface area contributed by atoms with Gasteiger partial charge in [-0.05, 0) is 145 Å². The van der Waals surface area contributed by atoms with Crippen LogP contribution in [0.25, 0.3) is 133 Å². The first-order valence-corrected chi connectivity index (χ1v) is 28.4. The van der Waals surface area contributed by atoms with E-state index in [1.807, 2.05) is 6.20 Å². The second-order valence-corrected chi connectivity index (χ2v) is 22.0. The van der Waals surface area contributed by atoms with E-state index in [0.717, 1.165) is 127 Å². The SMILES string of the molecule is N#Cc1cc(-n2c3ccc(-c4ccccc4)cc3c3cc(-c4ccccc4)ccc32)c(-c2ccnc3c2C2(c4ccccc4-c4ccccc42)c2ccccc2-3)cc1-n1c2ccc(-c3ccccc3)cc2c2cc(-c3ccccc3)ccc21. The Kier molecular flexibility index (Phi) is 10.3. The van der Waals surface area contributed by atoms with Crippen molar-refractivity contribution in [2.24, 2.45) is 0 Å². The van der Waals surface area contributed by atoms with Gasteiger partial charge < -0.3 is 9.13 Å². The van der Waals surface area contributed by atoms with Crippen LogP contribution in [0.4, 0.5) is 0 Å². The maximum atomic E-state index is 12.0. The Morgan fingerprint density at radius 1 is 0.301 bits per heavy atom. The first-order valence-electron chi connectivity index (χ1n) is 28.4. The molecule has 0 amide bonds. The summed E-state index contributed by atoms with van der Waals surface area (Å²) in [7, 11) is 0. The Bertz CT molecular complexity index is 4940. The third kappa shape index (κ3) is 6.83. The van der Waals surface area contributed by atoms with Gasteiger partial charge >= 0.3 is 0 Å². The van der Waals surface area contributed by atoms with Gasteiger partial charge in [-0.25, -0.2) is 0 Å². The Morgan fingerprint density at radius 3 is 1.07 bits per heavy atom. The highest BCUT2D eigenvalue weighted by Gasteiger charge is 2.53. The summed E-state index contributed by atoms with van der Waals surface area (Å²) in [5.74, 6) is 0. The quantitative estimate of drug-likeness (QED) is 0.160. The van der Waals surface area contributed by atoms with Crippen molar-refractivity contribution in [3.05, 3.63) is 319 Å². The van der Waals surface area contributed by atoms with Gasteiger partial charge in [-0.15, -0.1) is 0 Å². The first-order chi connectivity index (χ1) is 41.1. The Hall–Kier alpha value is -11.1. The van der Waals surface area contributed by atoms with Crippen LogP contribution in [0, 0.1) is 11.3 Å². The highest BCUT2D eigenvalue weighted by Crippen LogP contribution is 2.64. The van der Waals surface area contributed by atoms with Crippen LogP contribution in [0.15, 0.2) is 291 Å². The molecule has 2 aliphatic rings. The van der Waals surface area contributed by atoms with Crippen LogP contribution in [-0.2, 0) is 5.41 Å². The van der Waals surface area contributed by atoms with E-state index in [-0.39, 0.29) is 0 Å². The number of hydrogen-bond acceptors (Lipinski definition) is 2. The van der Waals surface area contributed by atoms with Gasteiger partial charge in [-0.1, -0.05) is 218 Å². The summed E-state index contributed by atoms with van der Waals surface area (Å²) >= 11 is 0. The molecule has 0 bridgehead atoms. The Balaban J connectivity index is 1.02. The average Bonchev–Trinajstić information content (AvgIpc) is 1.57. The van der Waals surface area contributed by atoms with Gasteiger partial charge in [0.25, 0.3) is 0 Å². The third-order valence-electron chi connectivity index (χ3n) is 17.8. The van der Waals surface area contributed by atoms with Crippen molar-refractivity contribution in [1.29, 1.82) is 5.26 Å². The van der Waals surface area contributed by atoms with Crippen LogP contribution >= 0.6 is 0 Å². The second-order valence-electron chi connectivity index (χ2n) is 22.0. The fourth-order valence-electron chi connectivity index (χ4n) is 14.3. The van der Waals surface area contributed by atoms with Gasteiger partial charge in [0, 0.05) is 44.4 Å². The molecule has 83 heavy (non-hydrogen) atoms. The molecule has 0 saturated heterocycles. The van der Waals surface area contributed by atoms with E-state index in [1.54, 1.807) is 0 Å². The average molecular weight is 1050 g/mol. The minimum absolute atomic E-state index is 0.555. The molecule has 2 aliphatic carbocycles. The number of benzene rings is 12. The van der Waals surface area contributed by atoms with Crippen LogP contribution in [0.5, 0.6) is 0 Å². The maximum absolute atomic E-state index is 12.0. The van der Waals surface area contributed by atoms with E-state index in [2.05, 4.69) is 300 Å². The van der Waals surface area contributed by atoms with Crippen molar-refractivity contribution in [3.8, 4) is 95.5 Å². The summed E-state index contributed by atoms with van der Waals surface area (Å²) in [6.45, 7) is 0. The standard InChI is InChI=1S/C79H48N4/c80-49-58-47-76(83-73-39-35-56(52-23-9-3-10-24-52)45-65(73)66-46-57(36-40-74(66)83)53-25-11-4-12-26-53)67(61-41-42-81-78-62-29-15-18-32-70(62)79(77(61)78)68-30-16-13-27-59(68)60-28-14-17-31-69(60)79)48-75(58)82-71-37-33-54(50-19-5-1-6-20-50)43-63(71)64-44-55(34-38-72(64)82)51-21-7-2-8-22-51/h1-48H. The highest BCUT2D eigenvalue weighted by molar-refractivity contribution is 6.14. The molecule has 15 aromatic rings. The number of nitrogens with zero attached hydrogens (tertiary/aromatic N) is 4. The van der Waals surface area contributed by atoms with Crippen LogP contribution in [-0.4, -0.2) is 14.1 Å². The fraction of sp³-hybridized carbons (Fsp3) is 0.0127. The molecule has 4 nitrogen and oxygen atoms in total. The minimum Gasteiger partial charge on any atom is -0.309 e. The van der Waals surface area contributed by atoms with Crippen LogP contribution in [0.3, 0.4) is 0 Å². The molecule has 0 unspecified atom stereocenters. The molecule has 12 aromatic carbocycles. The predicted molar refractivity (Wildman–Crippen MR) is 341 cm³/mol. The molecule has 0 radical (unpaired) electrons. The van der Waals surface area contributed by atoms with Crippen LogP contribution in [0.1, 0.15) is 27.8 Å². The summed E-state index contributed by atoms with van der Waals surface area (Å²) in [5, 5.41) is 16.4. The number of hydrogen-bond donors (Lipinski definition) is 0. The smallest absolute Gasteiger partial charge is 0.101 e. The molecule has 3 heterocycles. The van der Waals surface area contributed by atoms with E-state index in [9.17, 15) is 5.26 Å². The Morgan fingerprint density at radius 2 is 0.663 bits per heavy atom. The van der Waals surface area contributed by atoms with Gasteiger partial charge in [0.2, 0.25) is 0 Å². The molecule has 4 heteroatoms. The van der Waals surface area contributed by atoms with Gasteiger partial charge in [0.05, 0.1) is 50.1 Å². The maximum Gasteiger partial charge on any atom is 0.101 e. The number of pyridine rings is 1. The molecule has 0 atom stereocenters. The van der Waals surface area contributed by atoms with Crippen LogP contribution in [0.2, 0.25) is 0 Å². The van der Waals surface area contributed by atoms with Crippen molar-refractivity contribution >= 4 is 43.6 Å². The van der Waals surface area contributed by atoms with E-state index in [1.165, 1.54) is 27.8 Å². The van der Waals surface area contributed by atoms with E-state index >= 15 is 0 Å². The van der Waals surface area contributed by atoms with E-state index in [0.29, 0.717) is 5.56 Å². The normalized spacial score (nSPS) is 12.7. The fourth-order valence-corrected chi connectivity index (χ4v) is 14.3. The molecule has 0 N–H and O–H groups in total. The summed E-state index contributed by atoms with van der Waals surface area (Å²) < 4.78 is 4.77. The topological polar surface area (TPSA) is 46.5 Å². The first kappa shape index (κ1) is 46.8. The molecule has 0 saturated carbocycles. The summed E-state index contributed by atoms with van der Waals surface area (Å²) in [6, 6.07) is 106. The zero-order chi connectivity index (χ0) is 54.8. The predicted octanol–water partition coefficient (Wildman–Crippen LogP) is 19.8. The third-order valence-corrected chi connectivity index (χ3v) is 17.8. The molecule has 0 aliphatic heterocycles. The molecule has 384 valence electrons. The number of rotatable bonds is 7. The second kappa shape index (κ2) is 18.2. The van der Waals surface area contributed by atoms with Gasteiger partial charge in [0.15, 0.2) is 0 Å². The van der Waals surface area contributed by atoms with Crippen molar-refractivity contribution < 1.29 is 0 Å². The summed E-state index contributed by atoms with van der Waals surface area (Å²) in [6.07, 6.45) is 2.00. The molecule has 0 fully saturated rings. The van der Waals surface area contributed by atoms with Crippen LogP contribution < -0.4 is 0 Å². The largest absolute Gasteiger partial charge is 0.309 e. The Labute approximate surface area is 480 Å². The van der Waals surface area contributed by atoms with Crippen molar-refractivity contribution in [2.75, 3.05) is 0 Å². The van der Waals surface area contributed by atoms with Crippen molar-refractivity contribution in [3.63, 3.8) is 0 Å². The van der Waals surface area contributed by atoms with Crippen molar-refractivity contribution in [1.82, 2.24) is 14.1 Å². The molecule has 17 rings (SSSR count). The van der Waals surface area contributed by atoms with E-state index in [4.69, 9.17) is 4.98 Å². The lowest BCUT2D eigenvalue weighted by molar-refractivity contribution is 0.793. The summed E-state index contributed by atoms with van der Waals surface area (Å²) in [5.41, 5.74) is 26.2. The monoisotopic (exact) mass is 1050 g/mol. The number of nitriles is 1.